The fourth-order valence-electron chi connectivity index (χ4n) is 2.76. The van der Waals surface area contributed by atoms with E-state index in [1.54, 1.807) is 0 Å². The predicted molar refractivity (Wildman–Crippen MR) is 80.7 cm³/mol. The molecule has 1 aliphatic rings. The smallest absolute Gasteiger partial charge is 0.349 e. The lowest BCUT2D eigenvalue weighted by atomic mass is 10.3. The van der Waals surface area contributed by atoms with Crippen LogP contribution in [0.4, 0.5) is 5.82 Å². The van der Waals surface area contributed by atoms with Crippen molar-refractivity contribution in [2.75, 3.05) is 44.2 Å². The Balaban J connectivity index is 1.75. The predicted octanol–water partition coefficient (Wildman–Crippen LogP) is -0.803. The molecule has 3 heterocycles. The van der Waals surface area contributed by atoms with E-state index in [-0.39, 0.29) is 5.69 Å². The van der Waals surface area contributed by atoms with Crippen molar-refractivity contribution < 1.29 is 0 Å². The van der Waals surface area contributed by atoms with Gasteiger partial charge in [-0.05, 0) is 26.4 Å². The van der Waals surface area contributed by atoms with Crippen LogP contribution in [0.1, 0.15) is 12.2 Å². The third-order valence-electron chi connectivity index (χ3n) is 3.93. The number of nitrogens with two attached hydrogens (primary N) is 1. The van der Waals surface area contributed by atoms with E-state index in [4.69, 9.17) is 5.73 Å². The summed E-state index contributed by atoms with van der Waals surface area (Å²) in [5.41, 5.74) is 5.93. The summed E-state index contributed by atoms with van der Waals surface area (Å²) in [6.07, 6.45) is 1.04. The lowest BCUT2D eigenvalue weighted by molar-refractivity contribution is 0.256. The molecule has 0 unspecified atom stereocenters. The van der Waals surface area contributed by atoms with E-state index in [1.165, 1.54) is 4.40 Å². The van der Waals surface area contributed by atoms with Crippen LogP contribution in [-0.2, 0) is 0 Å². The zero-order valence-electron chi connectivity index (χ0n) is 12.2. The van der Waals surface area contributed by atoms with E-state index < -0.39 is 0 Å². The van der Waals surface area contributed by atoms with E-state index in [9.17, 15) is 4.79 Å². The van der Waals surface area contributed by atoms with Crippen molar-refractivity contribution >= 4 is 11.5 Å². The monoisotopic (exact) mass is 291 g/mol. The molecule has 0 amide bonds. The Bertz CT molecular complexity index is 669. The number of fused-ring (bicyclic) bond motifs is 1. The highest BCUT2D eigenvalue weighted by Crippen LogP contribution is 2.16. The molecule has 1 aliphatic heterocycles. The summed E-state index contributed by atoms with van der Waals surface area (Å²) in [6, 6.07) is 1.86. The Morgan fingerprint density at radius 1 is 1.33 bits per heavy atom. The molecule has 0 aliphatic carbocycles. The molecule has 2 aromatic heterocycles. The van der Waals surface area contributed by atoms with Crippen LogP contribution in [0, 0.1) is 6.92 Å². The number of nitrogens with zero attached hydrogens (tertiary/aromatic N) is 5. The summed E-state index contributed by atoms with van der Waals surface area (Å²) in [4.78, 5) is 20.8. The number of hydrogen-bond donors (Lipinski definition) is 2. The van der Waals surface area contributed by atoms with Crippen molar-refractivity contribution in [2.45, 2.75) is 13.3 Å². The van der Waals surface area contributed by atoms with Crippen LogP contribution < -0.4 is 16.3 Å². The van der Waals surface area contributed by atoms with Crippen LogP contribution in [0.5, 0.6) is 0 Å². The molecule has 8 nitrogen and oxygen atoms in total. The van der Waals surface area contributed by atoms with Gasteiger partial charge in [-0.2, -0.15) is 5.10 Å². The Morgan fingerprint density at radius 3 is 2.81 bits per heavy atom. The maximum atomic E-state index is 11.6. The molecule has 0 radical (unpaired) electrons. The lowest BCUT2D eigenvalue weighted by Gasteiger charge is -2.35. The molecule has 8 heteroatoms. The van der Waals surface area contributed by atoms with Crippen molar-refractivity contribution in [3.8, 4) is 0 Å². The summed E-state index contributed by atoms with van der Waals surface area (Å²) >= 11 is 0. The first kappa shape index (κ1) is 14.0. The van der Waals surface area contributed by atoms with Crippen molar-refractivity contribution in [3.63, 3.8) is 0 Å². The SMILES string of the molecule is Cc1nc(N2CCN(CCCN)CC2)cc2n[nH]c(=O)n12. The Morgan fingerprint density at radius 2 is 2.10 bits per heavy atom. The van der Waals surface area contributed by atoms with Gasteiger partial charge in [0.15, 0.2) is 5.65 Å². The molecular formula is C13H21N7O. The first-order chi connectivity index (χ1) is 10.2. The van der Waals surface area contributed by atoms with Gasteiger partial charge in [0, 0.05) is 32.2 Å². The first-order valence-corrected chi connectivity index (χ1v) is 7.31. The summed E-state index contributed by atoms with van der Waals surface area (Å²) < 4.78 is 1.49. The average Bonchev–Trinajstić information content (AvgIpc) is 2.87. The van der Waals surface area contributed by atoms with Gasteiger partial charge in [0.25, 0.3) is 0 Å². The van der Waals surface area contributed by atoms with Crippen molar-refractivity contribution in [1.82, 2.24) is 24.5 Å². The van der Waals surface area contributed by atoms with Gasteiger partial charge < -0.3 is 10.6 Å². The minimum Gasteiger partial charge on any atom is -0.354 e. The second-order valence-corrected chi connectivity index (χ2v) is 5.35. The topological polar surface area (TPSA) is 95.5 Å². The summed E-state index contributed by atoms with van der Waals surface area (Å²) in [6.45, 7) is 7.52. The number of anilines is 1. The number of rotatable bonds is 4. The van der Waals surface area contributed by atoms with E-state index >= 15 is 0 Å². The number of piperazine rings is 1. The fourth-order valence-corrected chi connectivity index (χ4v) is 2.76. The quantitative estimate of drug-likeness (QED) is 0.765. The molecular weight excluding hydrogens is 270 g/mol. The Hall–Kier alpha value is -1.93. The Kier molecular flexibility index (Phi) is 3.89. The van der Waals surface area contributed by atoms with Gasteiger partial charge in [0.05, 0.1) is 0 Å². The molecule has 114 valence electrons. The minimum atomic E-state index is -0.242. The van der Waals surface area contributed by atoms with Gasteiger partial charge in [0.2, 0.25) is 0 Å². The van der Waals surface area contributed by atoms with Crippen LogP contribution in [0.3, 0.4) is 0 Å². The highest BCUT2D eigenvalue weighted by atomic mass is 16.1. The summed E-state index contributed by atoms with van der Waals surface area (Å²) in [7, 11) is 0. The second-order valence-electron chi connectivity index (χ2n) is 5.35. The third kappa shape index (κ3) is 2.77. The van der Waals surface area contributed by atoms with Crippen LogP contribution in [0.2, 0.25) is 0 Å². The maximum Gasteiger partial charge on any atom is 0.349 e. The van der Waals surface area contributed by atoms with Gasteiger partial charge >= 0.3 is 5.69 Å². The molecule has 0 atom stereocenters. The molecule has 0 aromatic carbocycles. The van der Waals surface area contributed by atoms with E-state index in [2.05, 4.69) is 25.0 Å². The van der Waals surface area contributed by atoms with Crippen molar-refractivity contribution in [1.29, 1.82) is 0 Å². The number of hydrogen-bond acceptors (Lipinski definition) is 6. The number of aryl methyl sites for hydroxylation is 1. The van der Waals surface area contributed by atoms with Crippen molar-refractivity contribution in [2.24, 2.45) is 5.73 Å². The van der Waals surface area contributed by atoms with E-state index in [0.29, 0.717) is 11.5 Å². The Labute approximate surface area is 122 Å². The lowest BCUT2D eigenvalue weighted by Crippen LogP contribution is -2.47. The van der Waals surface area contributed by atoms with E-state index in [1.807, 2.05) is 13.0 Å². The number of aromatic amines is 1. The van der Waals surface area contributed by atoms with Gasteiger partial charge in [-0.3, -0.25) is 4.90 Å². The van der Waals surface area contributed by atoms with Crippen LogP contribution in [0.15, 0.2) is 10.9 Å². The average molecular weight is 291 g/mol. The molecule has 2 aromatic rings. The molecule has 3 rings (SSSR count). The first-order valence-electron chi connectivity index (χ1n) is 7.31. The molecule has 0 saturated carbocycles. The number of aromatic nitrogens is 4. The summed E-state index contributed by atoms with van der Waals surface area (Å²) in [5, 5.41) is 6.48. The molecule has 0 spiro atoms. The zero-order chi connectivity index (χ0) is 14.8. The van der Waals surface area contributed by atoms with Gasteiger partial charge in [-0.15, -0.1) is 0 Å². The van der Waals surface area contributed by atoms with Crippen molar-refractivity contribution in [3.05, 3.63) is 22.4 Å². The highest BCUT2D eigenvalue weighted by molar-refractivity contribution is 5.51. The van der Waals surface area contributed by atoms with Crippen LogP contribution in [-0.4, -0.2) is 63.8 Å². The molecule has 1 saturated heterocycles. The normalized spacial score (nSPS) is 16.8. The molecule has 3 N–H and O–H groups in total. The van der Waals surface area contributed by atoms with Gasteiger partial charge in [0.1, 0.15) is 11.6 Å². The zero-order valence-corrected chi connectivity index (χ0v) is 12.2. The molecule has 0 bridgehead atoms. The largest absolute Gasteiger partial charge is 0.354 e. The summed E-state index contributed by atoms with van der Waals surface area (Å²) in [5.74, 6) is 1.55. The number of nitrogens with one attached hydrogen (secondary N) is 1. The number of H-pyrrole nitrogens is 1. The van der Waals surface area contributed by atoms with Gasteiger partial charge in [-0.1, -0.05) is 0 Å². The molecule has 21 heavy (non-hydrogen) atoms. The molecule has 1 fully saturated rings. The van der Waals surface area contributed by atoms with Crippen LogP contribution in [0.25, 0.3) is 5.65 Å². The standard InChI is InChI=1S/C13H21N7O/c1-10-15-11(9-12-16-17-13(21)20(10)12)19-7-5-18(6-8-19)4-2-3-14/h9H,2-8,14H2,1H3,(H,17,21). The third-order valence-corrected chi connectivity index (χ3v) is 3.93. The maximum absolute atomic E-state index is 11.6. The fraction of sp³-hybridized carbons (Fsp3) is 0.615. The van der Waals surface area contributed by atoms with Gasteiger partial charge in [-0.25, -0.2) is 19.3 Å². The highest BCUT2D eigenvalue weighted by Gasteiger charge is 2.19. The van der Waals surface area contributed by atoms with E-state index in [0.717, 1.165) is 51.5 Å². The minimum absolute atomic E-state index is 0.242. The van der Waals surface area contributed by atoms with Crippen LogP contribution >= 0.6 is 0 Å². The second kappa shape index (κ2) is 5.82.